The number of aliphatic hydroxyl groups excluding tert-OH is 1. The fourth-order valence-electron chi connectivity index (χ4n) is 0.803. The van der Waals surface area contributed by atoms with Gasteiger partial charge in [0.15, 0.2) is 0 Å². The molecule has 3 unspecified atom stereocenters. The van der Waals surface area contributed by atoms with Gasteiger partial charge in [-0.1, -0.05) is 13.8 Å². The molecule has 1 N–H and O–H groups in total. The van der Waals surface area contributed by atoms with Crippen LogP contribution in [0, 0.1) is 5.92 Å². The molecule has 3 nitrogen and oxygen atoms in total. The molecule has 3 atom stereocenters. The van der Waals surface area contributed by atoms with Crippen molar-refractivity contribution in [3.8, 4) is 0 Å². The van der Waals surface area contributed by atoms with Gasteiger partial charge in [-0.15, -0.1) is 0 Å². The van der Waals surface area contributed by atoms with Gasteiger partial charge in [0.25, 0.3) is 0 Å². The van der Waals surface area contributed by atoms with Crippen molar-refractivity contribution in [3.05, 3.63) is 0 Å². The predicted molar refractivity (Wildman–Crippen MR) is 54.9 cm³/mol. The molecule has 0 aliphatic carbocycles. The van der Waals surface area contributed by atoms with Crippen molar-refractivity contribution in [2.24, 2.45) is 5.92 Å². The van der Waals surface area contributed by atoms with Crippen molar-refractivity contribution < 1.29 is 14.6 Å². The zero-order valence-electron chi connectivity index (χ0n) is 8.61. The first-order valence-electron chi connectivity index (χ1n) is 4.50. The molecule has 0 spiro atoms. The Bertz CT molecular complexity index is 159. The number of ether oxygens (including phenoxy) is 1. The van der Waals surface area contributed by atoms with Crippen molar-refractivity contribution in [1.29, 1.82) is 0 Å². The van der Waals surface area contributed by atoms with E-state index < -0.39 is 6.10 Å². The van der Waals surface area contributed by atoms with Crippen LogP contribution in [-0.4, -0.2) is 28.4 Å². The maximum atomic E-state index is 11.0. The van der Waals surface area contributed by atoms with E-state index in [1.807, 2.05) is 13.8 Å². The van der Waals surface area contributed by atoms with Crippen molar-refractivity contribution >= 4 is 17.1 Å². The first-order chi connectivity index (χ1) is 5.99. The zero-order valence-corrected chi connectivity index (χ0v) is 9.43. The lowest BCUT2D eigenvalue weighted by atomic mass is 10.0. The first kappa shape index (κ1) is 12.8. The van der Waals surface area contributed by atoms with E-state index in [1.165, 1.54) is 0 Å². The summed E-state index contributed by atoms with van der Waals surface area (Å²) in [5.41, 5.74) is 0. The second-order valence-corrected chi connectivity index (χ2v) is 4.42. The second kappa shape index (κ2) is 6.27. The van der Waals surface area contributed by atoms with Gasteiger partial charge in [0.05, 0.1) is 12.7 Å². The van der Waals surface area contributed by atoms with E-state index in [-0.39, 0.29) is 16.5 Å². The fraction of sp³-hybridized carbons (Fsp3) is 0.889. The standard InChI is InChI=1S/C9H18O3S/c1-5-12-9(11)13-8(4)6(2)7(3)10/h6-8,10H,5H2,1-4H3. The lowest BCUT2D eigenvalue weighted by molar-refractivity contribution is 0.135. The number of thioether (sulfide) groups is 1. The van der Waals surface area contributed by atoms with E-state index >= 15 is 0 Å². The average molecular weight is 206 g/mol. The Morgan fingerprint density at radius 2 is 2.00 bits per heavy atom. The molecule has 0 radical (unpaired) electrons. The molecule has 0 aromatic heterocycles. The Morgan fingerprint density at radius 3 is 2.38 bits per heavy atom. The summed E-state index contributed by atoms with van der Waals surface area (Å²) in [5, 5.41) is 9.09. The molecule has 0 amide bonds. The number of rotatable bonds is 4. The van der Waals surface area contributed by atoms with E-state index in [9.17, 15) is 9.90 Å². The van der Waals surface area contributed by atoms with E-state index in [2.05, 4.69) is 0 Å². The Hall–Kier alpha value is -0.220. The Morgan fingerprint density at radius 1 is 1.46 bits per heavy atom. The third-order valence-electron chi connectivity index (χ3n) is 2.05. The van der Waals surface area contributed by atoms with Gasteiger partial charge in [-0.3, -0.25) is 0 Å². The van der Waals surface area contributed by atoms with Gasteiger partial charge in [0.2, 0.25) is 0 Å². The SMILES string of the molecule is CCOC(=O)SC(C)C(C)C(C)O. The molecular weight excluding hydrogens is 188 g/mol. The van der Waals surface area contributed by atoms with Gasteiger partial charge in [-0.05, 0) is 31.5 Å². The minimum Gasteiger partial charge on any atom is -0.458 e. The molecular formula is C9H18O3S. The summed E-state index contributed by atoms with van der Waals surface area (Å²) in [5.74, 6) is 0.0920. The average Bonchev–Trinajstić information content (AvgIpc) is 2.03. The maximum absolute atomic E-state index is 11.0. The zero-order chi connectivity index (χ0) is 10.4. The van der Waals surface area contributed by atoms with Crippen LogP contribution in [0.2, 0.25) is 0 Å². The summed E-state index contributed by atoms with van der Waals surface area (Å²) < 4.78 is 4.78. The van der Waals surface area contributed by atoms with Gasteiger partial charge in [0, 0.05) is 5.25 Å². The number of carbonyl (C=O) groups is 1. The quantitative estimate of drug-likeness (QED) is 0.717. The molecule has 0 bridgehead atoms. The van der Waals surface area contributed by atoms with E-state index in [0.717, 1.165) is 11.8 Å². The largest absolute Gasteiger partial charge is 0.458 e. The third-order valence-corrected chi connectivity index (χ3v) is 3.16. The highest BCUT2D eigenvalue weighted by Gasteiger charge is 2.20. The summed E-state index contributed by atoms with van der Waals surface area (Å²) in [6.07, 6.45) is -0.392. The normalized spacial score (nSPS) is 17.6. The highest BCUT2D eigenvalue weighted by molar-refractivity contribution is 8.13. The third kappa shape index (κ3) is 5.16. The second-order valence-electron chi connectivity index (χ2n) is 3.11. The fourth-order valence-corrected chi connectivity index (χ4v) is 1.73. The molecule has 0 saturated carbocycles. The molecule has 0 saturated heterocycles. The molecule has 78 valence electrons. The molecule has 0 aliphatic heterocycles. The number of carbonyl (C=O) groups excluding carboxylic acids is 1. The predicted octanol–water partition coefficient (Wildman–Crippen LogP) is 2.28. The van der Waals surface area contributed by atoms with Crippen LogP contribution in [0.1, 0.15) is 27.7 Å². The summed E-state index contributed by atoms with van der Waals surface area (Å²) in [6.45, 7) is 7.75. The summed E-state index contributed by atoms with van der Waals surface area (Å²) in [4.78, 5) is 11.0. The maximum Gasteiger partial charge on any atom is 0.367 e. The Labute approximate surface area is 83.9 Å². The van der Waals surface area contributed by atoms with E-state index in [0.29, 0.717) is 6.61 Å². The molecule has 0 aromatic carbocycles. The lowest BCUT2D eigenvalue weighted by Crippen LogP contribution is -2.23. The van der Waals surface area contributed by atoms with Crippen LogP contribution in [0.3, 0.4) is 0 Å². The monoisotopic (exact) mass is 206 g/mol. The summed E-state index contributed by atoms with van der Waals surface area (Å²) in [6, 6.07) is 0. The molecule has 0 aliphatic rings. The molecule has 4 heteroatoms. The number of aliphatic hydroxyl groups is 1. The Balaban J connectivity index is 3.85. The topological polar surface area (TPSA) is 46.5 Å². The van der Waals surface area contributed by atoms with Crippen LogP contribution in [0.25, 0.3) is 0 Å². The molecule has 0 rings (SSSR count). The van der Waals surface area contributed by atoms with Crippen LogP contribution >= 0.6 is 11.8 Å². The minimum atomic E-state index is -0.392. The number of hydrogen-bond acceptors (Lipinski definition) is 4. The molecule has 0 aromatic rings. The van der Waals surface area contributed by atoms with Crippen LogP contribution in [-0.2, 0) is 4.74 Å². The highest BCUT2D eigenvalue weighted by Crippen LogP contribution is 2.23. The van der Waals surface area contributed by atoms with Crippen LogP contribution in [0.15, 0.2) is 0 Å². The molecule has 0 heterocycles. The Kier molecular flexibility index (Phi) is 6.16. The van der Waals surface area contributed by atoms with Gasteiger partial charge in [0.1, 0.15) is 0 Å². The molecule has 0 fully saturated rings. The van der Waals surface area contributed by atoms with E-state index in [4.69, 9.17) is 4.74 Å². The highest BCUT2D eigenvalue weighted by atomic mass is 32.2. The van der Waals surface area contributed by atoms with Gasteiger partial charge < -0.3 is 9.84 Å². The minimum absolute atomic E-state index is 0.0825. The summed E-state index contributed by atoms with van der Waals surface area (Å²) in [7, 11) is 0. The van der Waals surface area contributed by atoms with Gasteiger partial charge in [-0.25, -0.2) is 4.79 Å². The van der Waals surface area contributed by atoms with Crippen molar-refractivity contribution in [3.63, 3.8) is 0 Å². The van der Waals surface area contributed by atoms with Crippen LogP contribution in [0.5, 0.6) is 0 Å². The van der Waals surface area contributed by atoms with Crippen molar-refractivity contribution in [2.75, 3.05) is 6.61 Å². The molecule has 13 heavy (non-hydrogen) atoms. The van der Waals surface area contributed by atoms with E-state index in [1.54, 1.807) is 13.8 Å². The van der Waals surface area contributed by atoms with Crippen LogP contribution in [0.4, 0.5) is 4.79 Å². The first-order valence-corrected chi connectivity index (χ1v) is 5.38. The van der Waals surface area contributed by atoms with Crippen LogP contribution < -0.4 is 0 Å². The van der Waals surface area contributed by atoms with Gasteiger partial charge in [-0.2, -0.15) is 0 Å². The van der Waals surface area contributed by atoms with Gasteiger partial charge >= 0.3 is 5.30 Å². The number of hydrogen-bond donors (Lipinski definition) is 1. The smallest absolute Gasteiger partial charge is 0.367 e. The van der Waals surface area contributed by atoms with Crippen molar-refractivity contribution in [1.82, 2.24) is 0 Å². The lowest BCUT2D eigenvalue weighted by Gasteiger charge is -2.20. The summed E-state index contributed by atoms with van der Waals surface area (Å²) >= 11 is 1.14. The van der Waals surface area contributed by atoms with Crippen molar-refractivity contribution in [2.45, 2.75) is 39.0 Å².